The van der Waals surface area contributed by atoms with E-state index in [1.54, 1.807) is 37.3 Å². The third kappa shape index (κ3) is 8.16. The van der Waals surface area contributed by atoms with E-state index in [-0.39, 0.29) is 11.4 Å². The summed E-state index contributed by atoms with van der Waals surface area (Å²) in [5.41, 5.74) is 0.153. The predicted molar refractivity (Wildman–Crippen MR) is 116 cm³/mol. The number of hydrogen-bond acceptors (Lipinski definition) is 8. The maximum absolute atomic E-state index is 12.0. The van der Waals surface area contributed by atoms with E-state index in [2.05, 4.69) is 5.32 Å². The molecule has 0 aliphatic carbocycles. The van der Waals surface area contributed by atoms with Gasteiger partial charge in [0.25, 0.3) is 11.6 Å². The van der Waals surface area contributed by atoms with Crippen molar-refractivity contribution < 1.29 is 32.4 Å². The Morgan fingerprint density at radius 3 is 2.53 bits per heavy atom. The van der Waals surface area contributed by atoms with Crippen LogP contribution in [0.25, 0.3) is 6.08 Å². The molecule has 2 aromatic rings. The molecule has 170 valence electrons. The summed E-state index contributed by atoms with van der Waals surface area (Å²) in [6.45, 7) is 0.572. The Kier molecular flexibility index (Phi) is 8.86. The van der Waals surface area contributed by atoms with Gasteiger partial charge in [0, 0.05) is 5.41 Å². The zero-order valence-electron chi connectivity index (χ0n) is 17.0. The van der Waals surface area contributed by atoms with Crippen LogP contribution in [0.3, 0.4) is 0 Å². The standard InChI is InChI=1S/C20H21N3O8S/c1-2-30-16-8-9-17(18(12-16)23(26)27)22-19(24)14-31-20(25)13-21-32(28,29)11-10-15-6-4-3-5-7-15/h3-12,21H,2,13-14H2,1H3,(H,22,24). The van der Waals surface area contributed by atoms with Gasteiger partial charge in [0.05, 0.1) is 17.6 Å². The highest BCUT2D eigenvalue weighted by atomic mass is 32.2. The Bertz CT molecular complexity index is 1100. The number of nitrogens with zero attached hydrogens (tertiary/aromatic N) is 1. The van der Waals surface area contributed by atoms with Crippen LogP contribution in [-0.2, 0) is 24.3 Å². The van der Waals surface area contributed by atoms with Gasteiger partial charge in [0.15, 0.2) is 6.61 Å². The lowest BCUT2D eigenvalue weighted by molar-refractivity contribution is -0.384. The van der Waals surface area contributed by atoms with Gasteiger partial charge in [-0.1, -0.05) is 30.3 Å². The fourth-order valence-electron chi connectivity index (χ4n) is 2.35. The summed E-state index contributed by atoms with van der Waals surface area (Å²) < 4.78 is 35.7. The number of carbonyl (C=O) groups excluding carboxylic acids is 2. The molecule has 0 radical (unpaired) electrons. The number of rotatable bonds is 11. The largest absolute Gasteiger partial charge is 0.494 e. The fraction of sp³-hybridized carbons (Fsp3) is 0.200. The van der Waals surface area contributed by atoms with Crippen molar-refractivity contribution in [3.8, 4) is 5.75 Å². The van der Waals surface area contributed by atoms with Crippen molar-refractivity contribution in [2.45, 2.75) is 6.92 Å². The van der Waals surface area contributed by atoms with Crippen molar-refractivity contribution in [2.75, 3.05) is 25.1 Å². The van der Waals surface area contributed by atoms with Crippen molar-refractivity contribution in [1.29, 1.82) is 0 Å². The summed E-state index contributed by atoms with van der Waals surface area (Å²) in [5.74, 6) is -1.58. The van der Waals surface area contributed by atoms with Gasteiger partial charge in [0.1, 0.15) is 18.0 Å². The topological polar surface area (TPSA) is 154 Å². The van der Waals surface area contributed by atoms with E-state index < -0.39 is 45.7 Å². The third-order valence-electron chi connectivity index (χ3n) is 3.77. The van der Waals surface area contributed by atoms with Gasteiger partial charge < -0.3 is 14.8 Å². The van der Waals surface area contributed by atoms with E-state index in [1.807, 2.05) is 4.72 Å². The number of nitro groups is 1. The summed E-state index contributed by atoms with van der Waals surface area (Å²) in [5, 5.41) is 14.4. The van der Waals surface area contributed by atoms with Crippen LogP contribution in [0.5, 0.6) is 5.75 Å². The number of sulfonamides is 1. The Hall–Kier alpha value is -3.77. The first kappa shape index (κ1) is 24.5. The minimum atomic E-state index is -3.90. The number of ether oxygens (including phenoxy) is 2. The van der Waals surface area contributed by atoms with Crippen molar-refractivity contribution in [3.63, 3.8) is 0 Å². The lowest BCUT2D eigenvalue weighted by atomic mass is 10.2. The Balaban J connectivity index is 1.85. The first-order valence-corrected chi connectivity index (χ1v) is 10.8. The van der Waals surface area contributed by atoms with Gasteiger partial charge in [-0.05, 0) is 30.7 Å². The van der Waals surface area contributed by atoms with Gasteiger partial charge in [-0.15, -0.1) is 0 Å². The monoisotopic (exact) mass is 463 g/mol. The highest BCUT2D eigenvalue weighted by Crippen LogP contribution is 2.29. The van der Waals surface area contributed by atoms with Crippen molar-refractivity contribution in [3.05, 3.63) is 69.6 Å². The molecule has 0 spiro atoms. The van der Waals surface area contributed by atoms with Crippen molar-refractivity contribution in [2.24, 2.45) is 0 Å². The molecule has 2 rings (SSSR count). The lowest BCUT2D eigenvalue weighted by Crippen LogP contribution is -2.31. The molecule has 0 atom stereocenters. The van der Waals surface area contributed by atoms with E-state index in [9.17, 15) is 28.1 Å². The molecule has 32 heavy (non-hydrogen) atoms. The van der Waals surface area contributed by atoms with Gasteiger partial charge in [-0.3, -0.25) is 19.7 Å². The molecule has 0 aliphatic rings. The Morgan fingerprint density at radius 2 is 1.88 bits per heavy atom. The summed E-state index contributed by atoms with van der Waals surface area (Å²) in [7, 11) is -3.90. The lowest BCUT2D eigenvalue weighted by Gasteiger charge is -2.09. The normalized spacial score (nSPS) is 11.2. The zero-order valence-corrected chi connectivity index (χ0v) is 17.8. The minimum absolute atomic E-state index is 0.105. The Labute approximate surface area is 184 Å². The van der Waals surface area contributed by atoms with Crippen LogP contribution in [0.2, 0.25) is 0 Å². The molecule has 0 aliphatic heterocycles. The number of esters is 1. The summed E-state index contributed by atoms with van der Waals surface area (Å²) in [6.07, 6.45) is 1.35. The SMILES string of the molecule is CCOc1ccc(NC(=O)COC(=O)CNS(=O)(=O)C=Cc2ccccc2)c([N+](=O)[O-])c1. The molecule has 0 saturated carbocycles. The van der Waals surface area contributed by atoms with Crippen LogP contribution in [-0.4, -0.2) is 45.0 Å². The molecule has 1 amide bonds. The highest BCUT2D eigenvalue weighted by Gasteiger charge is 2.18. The number of nitrogens with one attached hydrogen (secondary N) is 2. The van der Waals surface area contributed by atoms with Crippen LogP contribution in [0.4, 0.5) is 11.4 Å². The number of amides is 1. The van der Waals surface area contributed by atoms with Gasteiger partial charge in [-0.25, -0.2) is 13.1 Å². The Morgan fingerprint density at radius 1 is 1.16 bits per heavy atom. The quantitative estimate of drug-likeness (QED) is 0.292. The smallest absolute Gasteiger partial charge is 0.321 e. The second-order valence-electron chi connectivity index (χ2n) is 6.16. The van der Waals surface area contributed by atoms with E-state index in [0.29, 0.717) is 12.2 Å². The number of carbonyl (C=O) groups is 2. The van der Waals surface area contributed by atoms with E-state index in [0.717, 1.165) is 11.5 Å². The van der Waals surface area contributed by atoms with Crippen molar-refractivity contribution in [1.82, 2.24) is 4.72 Å². The average Bonchev–Trinajstić information content (AvgIpc) is 2.77. The zero-order chi connectivity index (χ0) is 23.6. The van der Waals surface area contributed by atoms with Gasteiger partial charge in [-0.2, -0.15) is 0 Å². The third-order valence-corrected chi connectivity index (χ3v) is 4.81. The van der Waals surface area contributed by atoms with Crippen LogP contribution in [0.1, 0.15) is 12.5 Å². The molecule has 0 saturated heterocycles. The predicted octanol–water partition coefficient (Wildman–Crippen LogP) is 2.07. The maximum atomic E-state index is 12.0. The van der Waals surface area contributed by atoms with Gasteiger partial charge in [0.2, 0.25) is 10.0 Å². The summed E-state index contributed by atoms with van der Waals surface area (Å²) >= 11 is 0. The molecule has 0 bridgehead atoms. The van der Waals surface area contributed by atoms with Crippen LogP contribution < -0.4 is 14.8 Å². The summed E-state index contributed by atoms with van der Waals surface area (Å²) in [4.78, 5) is 34.2. The van der Waals surface area contributed by atoms with E-state index in [4.69, 9.17) is 9.47 Å². The number of nitro benzene ring substituents is 1. The van der Waals surface area contributed by atoms with E-state index >= 15 is 0 Å². The first-order valence-electron chi connectivity index (χ1n) is 9.29. The second kappa shape index (κ2) is 11.6. The van der Waals surface area contributed by atoms with Crippen LogP contribution in [0, 0.1) is 10.1 Å². The first-order chi connectivity index (χ1) is 15.2. The molecule has 2 N–H and O–H groups in total. The van der Waals surface area contributed by atoms with Crippen molar-refractivity contribution >= 4 is 39.4 Å². The minimum Gasteiger partial charge on any atom is -0.494 e. The number of hydrogen-bond donors (Lipinski definition) is 2. The molecular formula is C20H21N3O8S. The van der Waals surface area contributed by atoms with Crippen LogP contribution in [0.15, 0.2) is 53.9 Å². The molecule has 0 heterocycles. The highest BCUT2D eigenvalue weighted by molar-refractivity contribution is 7.92. The van der Waals surface area contributed by atoms with Gasteiger partial charge >= 0.3 is 5.97 Å². The molecular weight excluding hydrogens is 442 g/mol. The molecule has 0 unspecified atom stereocenters. The fourth-order valence-corrected chi connectivity index (χ4v) is 3.10. The average molecular weight is 463 g/mol. The second-order valence-corrected chi connectivity index (χ2v) is 7.81. The maximum Gasteiger partial charge on any atom is 0.321 e. The molecule has 12 heteroatoms. The number of benzene rings is 2. The summed E-state index contributed by atoms with van der Waals surface area (Å²) in [6, 6.07) is 12.6. The molecule has 2 aromatic carbocycles. The van der Waals surface area contributed by atoms with E-state index in [1.165, 1.54) is 18.2 Å². The van der Waals surface area contributed by atoms with Crippen LogP contribution >= 0.6 is 0 Å². The molecule has 0 fully saturated rings. The molecule has 0 aromatic heterocycles. The number of anilines is 1. The molecule has 11 nitrogen and oxygen atoms in total.